The summed E-state index contributed by atoms with van der Waals surface area (Å²) in [6.45, 7) is 13.8. The second kappa shape index (κ2) is 7.61. The minimum atomic E-state index is -0.143. The fraction of sp³-hybridized carbons (Fsp3) is 1.00. The van der Waals surface area contributed by atoms with Gasteiger partial charge in [0, 0.05) is 17.6 Å². The van der Waals surface area contributed by atoms with Crippen LogP contribution in [0.5, 0.6) is 0 Å². The van der Waals surface area contributed by atoms with E-state index in [2.05, 4.69) is 44.8 Å². The van der Waals surface area contributed by atoms with Crippen LogP contribution in [0.25, 0.3) is 0 Å². The lowest BCUT2D eigenvalue weighted by molar-refractivity contribution is 0.0476. The molecule has 0 aromatic rings. The van der Waals surface area contributed by atoms with Gasteiger partial charge in [-0.05, 0) is 65.5 Å². The van der Waals surface area contributed by atoms with Crippen LogP contribution in [0.2, 0.25) is 0 Å². The number of nitrogens with zero attached hydrogens (tertiary/aromatic N) is 1. The molecule has 1 aliphatic heterocycles. The third-order valence-electron chi connectivity index (χ3n) is 4.89. The molecule has 1 fully saturated rings. The normalized spacial score (nSPS) is 30.0. The maximum atomic E-state index is 9.70. The summed E-state index contributed by atoms with van der Waals surface area (Å²) in [6.07, 6.45) is 4.80. The van der Waals surface area contributed by atoms with E-state index in [1.165, 1.54) is 19.4 Å². The van der Waals surface area contributed by atoms with Gasteiger partial charge in [0.1, 0.15) is 0 Å². The SMILES string of the molecule is CCCNC(C)(CO)CC(C)N1CCCC(C)C1C. The van der Waals surface area contributed by atoms with E-state index in [0.717, 1.165) is 25.3 Å². The molecule has 1 rings (SSSR count). The van der Waals surface area contributed by atoms with Gasteiger partial charge in [0.25, 0.3) is 0 Å². The number of likely N-dealkylation sites (tertiary alicyclic amines) is 1. The lowest BCUT2D eigenvalue weighted by atomic mass is 9.87. The molecule has 3 nitrogen and oxygen atoms in total. The van der Waals surface area contributed by atoms with Crippen molar-refractivity contribution in [2.45, 2.75) is 77.9 Å². The summed E-state index contributed by atoms with van der Waals surface area (Å²) in [6, 6.07) is 1.19. The van der Waals surface area contributed by atoms with Gasteiger partial charge in [0.2, 0.25) is 0 Å². The first kappa shape index (κ1) is 16.9. The molecule has 19 heavy (non-hydrogen) atoms. The molecule has 0 spiro atoms. The zero-order chi connectivity index (χ0) is 14.5. The minimum Gasteiger partial charge on any atom is -0.394 e. The van der Waals surface area contributed by atoms with Gasteiger partial charge in [0.15, 0.2) is 0 Å². The van der Waals surface area contributed by atoms with E-state index >= 15 is 0 Å². The van der Waals surface area contributed by atoms with Gasteiger partial charge in [-0.3, -0.25) is 4.90 Å². The number of hydrogen-bond acceptors (Lipinski definition) is 3. The van der Waals surface area contributed by atoms with Crippen LogP contribution in [-0.2, 0) is 0 Å². The molecule has 4 unspecified atom stereocenters. The zero-order valence-corrected chi connectivity index (χ0v) is 13.6. The summed E-state index contributed by atoms with van der Waals surface area (Å²) < 4.78 is 0. The van der Waals surface area contributed by atoms with Crippen molar-refractivity contribution in [3.63, 3.8) is 0 Å². The predicted octanol–water partition coefficient (Wildman–Crippen LogP) is 2.64. The van der Waals surface area contributed by atoms with Crippen LogP contribution in [0, 0.1) is 5.92 Å². The van der Waals surface area contributed by atoms with E-state index in [4.69, 9.17) is 0 Å². The zero-order valence-electron chi connectivity index (χ0n) is 13.6. The van der Waals surface area contributed by atoms with Crippen molar-refractivity contribution < 1.29 is 5.11 Å². The highest BCUT2D eigenvalue weighted by molar-refractivity contribution is 4.90. The topological polar surface area (TPSA) is 35.5 Å². The van der Waals surface area contributed by atoms with E-state index in [0.29, 0.717) is 12.1 Å². The first-order valence-corrected chi connectivity index (χ1v) is 8.05. The Morgan fingerprint density at radius 2 is 2.11 bits per heavy atom. The summed E-state index contributed by atoms with van der Waals surface area (Å²) in [7, 11) is 0. The molecular formula is C16H34N2O. The van der Waals surface area contributed by atoms with Crippen molar-refractivity contribution in [1.82, 2.24) is 10.2 Å². The minimum absolute atomic E-state index is 0.143. The van der Waals surface area contributed by atoms with E-state index in [1.54, 1.807) is 0 Å². The predicted molar refractivity (Wildman–Crippen MR) is 82.4 cm³/mol. The van der Waals surface area contributed by atoms with Crippen LogP contribution < -0.4 is 5.32 Å². The summed E-state index contributed by atoms with van der Waals surface area (Å²) in [5.74, 6) is 0.792. The van der Waals surface area contributed by atoms with Gasteiger partial charge in [-0.2, -0.15) is 0 Å². The van der Waals surface area contributed by atoms with Crippen molar-refractivity contribution in [3.8, 4) is 0 Å². The maximum absolute atomic E-state index is 9.70. The van der Waals surface area contributed by atoms with Crippen LogP contribution in [0.15, 0.2) is 0 Å². The first-order chi connectivity index (χ1) is 8.93. The Hall–Kier alpha value is -0.120. The molecule has 1 heterocycles. The van der Waals surface area contributed by atoms with E-state index in [9.17, 15) is 5.11 Å². The van der Waals surface area contributed by atoms with Gasteiger partial charge in [-0.15, -0.1) is 0 Å². The second-order valence-electron chi connectivity index (χ2n) is 6.80. The number of rotatable bonds is 7. The lowest BCUT2D eigenvalue weighted by Crippen LogP contribution is -2.54. The molecule has 1 aliphatic rings. The van der Waals surface area contributed by atoms with Gasteiger partial charge in [0.05, 0.1) is 6.61 Å². The highest BCUT2D eigenvalue weighted by Crippen LogP contribution is 2.27. The van der Waals surface area contributed by atoms with E-state index in [-0.39, 0.29) is 12.1 Å². The molecule has 0 amide bonds. The van der Waals surface area contributed by atoms with Crippen molar-refractivity contribution in [2.75, 3.05) is 19.7 Å². The Labute approximate surface area is 119 Å². The van der Waals surface area contributed by atoms with Crippen molar-refractivity contribution in [1.29, 1.82) is 0 Å². The molecule has 3 heteroatoms. The first-order valence-electron chi connectivity index (χ1n) is 8.05. The number of piperidine rings is 1. The summed E-state index contributed by atoms with van der Waals surface area (Å²) >= 11 is 0. The monoisotopic (exact) mass is 270 g/mol. The Bertz CT molecular complexity index is 259. The van der Waals surface area contributed by atoms with Gasteiger partial charge in [-0.25, -0.2) is 0 Å². The molecule has 0 aliphatic carbocycles. The standard InChI is InChI=1S/C16H34N2O/c1-6-9-17-16(5,12-19)11-14(3)18-10-7-8-13(2)15(18)4/h13-15,17,19H,6-12H2,1-5H3. The molecule has 4 atom stereocenters. The number of aliphatic hydroxyl groups excluding tert-OH is 1. The fourth-order valence-electron chi connectivity index (χ4n) is 3.38. The van der Waals surface area contributed by atoms with Crippen LogP contribution >= 0.6 is 0 Å². The Morgan fingerprint density at radius 3 is 2.68 bits per heavy atom. The average molecular weight is 270 g/mol. The third-order valence-corrected chi connectivity index (χ3v) is 4.89. The molecule has 0 bridgehead atoms. The largest absolute Gasteiger partial charge is 0.394 e. The van der Waals surface area contributed by atoms with E-state index in [1.807, 2.05) is 0 Å². The third kappa shape index (κ3) is 4.73. The van der Waals surface area contributed by atoms with Crippen LogP contribution in [0.3, 0.4) is 0 Å². The maximum Gasteiger partial charge on any atom is 0.0611 e. The summed E-state index contributed by atoms with van der Waals surface area (Å²) in [5.41, 5.74) is -0.143. The smallest absolute Gasteiger partial charge is 0.0611 e. The Balaban J connectivity index is 2.58. The number of aliphatic hydroxyl groups is 1. The quantitative estimate of drug-likeness (QED) is 0.746. The van der Waals surface area contributed by atoms with Crippen molar-refractivity contribution in [3.05, 3.63) is 0 Å². The molecule has 0 aromatic heterocycles. The van der Waals surface area contributed by atoms with E-state index < -0.39 is 0 Å². The summed E-state index contributed by atoms with van der Waals surface area (Å²) in [4.78, 5) is 2.63. The molecule has 2 N–H and O–H groups in total. The molecule has 0 aromatic carbocycles. The van der Waals surface area contributed by atoms with Crippen LogP contribution in [0.4, 0.5) is 0 Å². The highest BCUT2D eigenvalue weighted by atomic mass is 16.3. The van der Waals surface area contributed by atoms with Gasteiger partial charge in [-0.1, -0.05) is 13.8 Å². The fourth-order valence-corrected chi connectivity index (χ4v) is 3.38. The molecule has 0 radical (unpaired) electrons. The lowest BCUT2D eigenvalue weighted by Gasteiger charge is -2.44. The number of hydrogen-bond donors (Lipinski definition) is 2. The van der Waals surface area contributed by atoms with Gasteiger partial charge < -0.3 is 10.4 Å². The van der Waals surface area contributed by atoms with Crippen molar-refractivity contribution >= 4 is 0 Å². The van der Waals surface area contributed by atoms with Crippen LogP contribution in [-0.4, -0.2) is 47.3 Å². The van der Waals surface area contributed by atoms with Crippen LogP contribution in [0.1, 0.15) is 60.3 Å². The Kier molecular flexibility index (Phi) is 6.78. The van der Waals surface area contributed by atoms with Gasteiger partial charge >= 0.3 is 0 Å². The molecular weight excluding hydrogens is 236 g/mol. The highest BCUT2D eigenvalue weighted by Gasteiger charge is 2.32. The molecule has 114 valence electrons. The number of nitrogens with one attached hydrogen (secondary N) is 1. The van der Waals surface area contributed by atoms with Crippen molar-refractivity contribution in [2.24, 2.45) is 5.92 Å². The molecule has 1 saturated heterocycles. The summed E-state index contributed by atoms with van der Waals surface area (Å²) in [5, 5.41) is 13.2. The molecule has 0 saturated carbocycles. The Morgan fingerprint density at radius 1 is 1.42 bits per heavy atom. The average Bonchev–Trinajstić information content (AvgIpc) is 2.39. The second-order valence-corrected chi connectivity index (χ2v) is 6.80.